The molecule has 0 aromatic rings. The predicted octanol–water partition coefficient (Wildman–Crippen LogP) is 7.82. The lowest BCUT2D eigenvalue weighted by molar-refractivity contribution is -0.283. The largest absolute Gasteiger partial charge is 0.488 e. The molecule has 10 rings (SSSR count). The highest BCUT2D eigenvalue weighted by Gasteiger charge is 2.54. The van der Waals surface area contributed by atoms with Gasteiger partial charge in [-0.25, -0.2) is 0 Å². The molecule has 0 bridgehead atoms. The topological polar surface area (TPSA) is 130 Å². The maximum absolute atomic E-state index is 11.4. The molecule has 0 spiro atoms. The SMILES string of the molecule is C=C1C=C(C)C2OC3CC4OC5CCC6CC7CCC(C)(CCC)OC7CC6OC5[C@H](C)CC4OC3CC2O1.C=CC1OC2CC3OC(CC(=C)C(C)=O)CC(O)C3OC2CC1OC. The van der Waals surface area contributed by atoms with Crippen LogP contribution in [0.4, 0.5) is 0 Å². The Morgan fingerprint density at radius 1 is 0.797 bits per heavy atom. The number of Topliss-reactive ketones (excluding diaryl/α,β-unsaturated/α-hetero) is 1. The molecule has 8 saturated heterocycles. The zero-order valence-electron chi connectivity index (χ0n) is 39.4. The van der Waals surface area contributed by atoms with Gasteiger partial charge in [-0.3, -0.25) is 4.79 Å². The van der Waals surface area contributed by atoms with Gasteiger partial charge in [0, 0.05) is 52.1 Å². The summed E-state index contributed by atoms with van der Waals surface area (Å²) >= 11 is 0. The van der Waals surface area contributed by atoms with Crippen LogP contribution >= 0.6 is 0 Å². The fourth-order valence-corrected chi connectivity index (χ4v) is 13.5. The molecule has 0 amide bonds. The number of rotatable bonds is 7. The number of hydrogen-bond donors (Lipinski definition) is 1. The second kappa shape index (κ2) is 19.6. The van der Waals surface area contributed by atoms with Crippen molar-refractivity contribution in [1.82, 2.24) is 0 Å². The van der Waals surface area contributed by atoms with Crippen molar-refractivity contribution >= 4 is 5.78 Å². The van der Waals surface area contributed by atoms with E-state index in [2.05, 4.69) is 47.4 Å². The van der Waals surface area contributed by atoms with Crippen molar-refractivity contribution in [3.05, 3.63) is 48.8 Å². The molecule has 21 unspecified atom stereocenters. The third-order valence-electron chi connectivity index (χ3n) is 16.8. The van der Waals surface area contributed by atoms with Gasteiger partial charge in [0.1, 0.15) is 30.2 Å². The van der Waals surface area contributed by atoms with Crippen molar-refractivity contribution in [2.24, 2.45) is 17.8 Å². The zero-order chi connectivity index (χ0) is 45.0. The molecule has 9 fully saturated rings. The number of aliphatic hydroxyl groups excluding tert-OH is 1. The van der Waals surface area contributed by atoms with E-state index in [1.54, 1.807) is 13.2 Å². The molecule has 12 nitrogen and oxygen atoms in total. The maximum atomic E-state index is 11.4. The monoisotopic (exact) mass is 895 g/mol. The lowest BCUT2D eigenvalue weighted by Gasteiger charge is -2.50. The number of ether oxygens (including phenoxy) is 10. The molecule has 9 aliphatic heterocycles. The van der Waals surface area contributed by atoms with Crippen molar-refractivity contribution in [3.8, 4) is 0 Å². The first kappa shape index (κ1) is 47.1. The van der Waals surface area contributed by atoms with Crippen LogP contribution in [0.15, 0.2) is 48.8 Å². The van der Waals surface area contributed by atoms with Gasteiger partial charge in [-0.2, -0.15) is 0 Å². The van der Waals surface area contributed by atoms with Crippen molar-refractivity contribution < 1.29 is 57.3 Å². The van der Waals surface area contributed by atoms with Crippen molar-refractivity contribution in [3.63, 3.8) is 0 Å². The van der Waals surface area contributed by atoms with Crippen LogP contribution in [0.25, 0.3) is 0 Å². The van der Waals surface area contributed by atoms with Crippen molar-refractivity contribution in [1.29, 1.82) is 0 Å². The molecule has 0 aromatic carbocycles. The molecule has 10 aliphatic rings. The van der Waals surface area contributed by atoms with E-state index < -0.39 is 6.10 Å². The van der Waals surface area contributed by atoms with Crippen LogP contribution in [0, 0.1) is 17.8 Å². The summed E-state index contributed by atoms with van der Waals surface area (Å²) < 4.78 is 64.1. The number of hydrogen-bond acceptors (Lipinski definition) is 12. The Morgan fingerprint density at radius 2 is 1.45 bits per heavy atom. The number of allylic oxidation sites excluding steroid dienone is 1. The van der Waals surface area contributed by atoms with Crippen molar-refractivity contribution in [2.75, 3.05) is 7.11 Å². The summed E-state index contributed by atoms with van der Waals surface area (Å²) in [6, 6.07) is 0. The molecule has 64 heavy (non-hydrogen) atoms. The first-order valence-electron chi connectivity index (χ1n) is 25.0. The maximum Gasteiger partial charge on any atom is 0.155 e. The van der Waals surface area contributed by atoms with Crippen LogP contribution in [-0.2, 0) is 52.2 Å². The summed E-state index contributed by atoms with van der Waals surface area (Å²) in [5.74, 6) is 2.40. The molecular weight excluding hydrogens is 817 g/mol. The Morgan fingerprint density at radius 3 is 2.20 bits per heavy atom. The van der Waals surface area contributed by atoms with Crippen LogP contribution in [-0.4, -0.2) is 133 Å². The molecule has 0 radical (unpaired) electrons. The van der Waals surface area contributed by atoms with Gasteiger partial charge in [0.2, 0.25) is 0 Å². The van der Waals surface area contributed by atoms with Crippen LogP contribution in [0.1, 0.15) is 131 Å². The predicted molar refractivity (Wildman–Crippen MR) is 240 cm³/mol. The number of carbonyl (C=O) groups excluding carboxylic acids is 1. The van der Waals surface area contributed by atoms with E-state index in [1.807, 2.05) is 6.08 Å². The van der Waals surface area contributed by atoms with Gasteiger partial charge < -0.3 is 52.5 Å². The minimum Gasteiger partial charge on any atom is -0.488 e. The Hall–Kier alpha value is -1.97. The lowest BCUT2D eigenvalue weighted by atomic mass is 9.71. The van der Waals surface area contributed by atoms with E-state index in [4.69, 9.17) is 47.4 Å². The molecular formula is C52H78O12. The van der Waals surface area contributed by atoms with Gasteiger partial charge in [-0.1, -0.05) is 39.5 Å². The van der Waals surface area contributed by atoms with Gasteiger partial charge >= 0.3 is 0 Å². The summed E-state index contributed by atoms with van der Waals surface area (Å²) in [5, 5.41) is 10.5. The molecule has 358 valence electrons. The van der Waals surface area contributed by atoms with Crippen molar-refractivity contribution in [2.45, 2.75) is 246 Å². The van der Waals surface area contributed by atoms with Gasteiger partial charge in [0.15, 0.2) is 5.78 Å². The quantitative estimate of drug-likeness (QED) is 0.198. The number of fused-ring (bicyclic) bond motifs is 8. The summed E-state index contributed by atoms with van der Waals surface area (Å²) in [6.45, 7) is 22.2. The second-order valence-corrected chi connectivity index (χ2v) is 21.5. The van der Waals surface area contributed by atoms with E-state index in [1.165, 1.54) is 44.6 Å². The number of ketones is 1. The van der Waals surface area contributed by atoms with E-state index in [-0.39, 0.29) is 109 Å². The summed E-state index contributed by atoms with van der Waals surface area (Å²) in [7, 11) is 1.65. The first-order valence-corrected chi connectivity index (χ1v) is 25.0. The normalized spacial score (nSPS) is 49.5. The molecule has 9 heterocycles. The highest BCUT2D eigenvalue weighted by molar-refractivity contribution is 5.92. The minimum absolute atomic E-state index is 0.00732. The van der Waals surface area contributed by atoms with E-state index in [9.17, 15) is 9.90 Å². The molecule has 12 heteroatoms. The van der Waals surface area contributed by atoms with Gasteiger partial charge in [-0.05, 0) is 101 Å². The average molecular weight is 895 g/mol. The highest BCUT2D eigenvalue weighted by atomic mass is 16.6. The first-order chi connectivity index (χ1) is 30.7. The Labute approximate surface area is 382 Å². The minimum atomic E-state index is -0.623. The smallest absolute Gasteiger partial charge is 0.155 e. The molecule has 1 N–H and O–H groups in total. The number of aliphatic hydroxyl groups is 1. The number of carbonyl (C=O) groups is 1. The van der Waals surface area contributed by atoms with Crippen LogP contribution in [0.3, 0.4) is 0 Å². The van der Waals surface area contributed by atoms with Gasteiger partial charge in [-0.15, -0.1) is 6.58 Å². The molecule has 1 aliphatic carbocycles. The van der Waals surface area contributed by atoms with Crippen LogP contribution in [0.5, 0.6) is 0 Å². The van der Waals surface area contributed by atoms with Crippen LogP contribution in [0.2, 0.25) is 0 Å². The second-order valence-electron chi connectivity index (χ2n) is 21.5. The third kappa shape index (κ3) is 9.81. The third-order valence-corrected chi connectivity index (χ3v) is 16.8. The summed E-state index contributed by atoms with van der Waals surface area (Å²) in [4.78, 5) is 11.4. The molecule has 1 saturated carbocycles. The fraction of sp³-hybridized carbons (Fsp3) is 0.827. The molecule has 22 atom stereocenters. The Balaban J connectivity index is 0.000000179. The zero-order valence-corrected chi connectivity index (χ0v) is 39.4. The van der Waals surface area contributed by atoms with Gasteiger partial charge in [0.25, 0.3) is 0 Å². The van der Waals surface area contributed by atoms with E-state index >= 15 is 0 Å². The van der Waals surface area contributed by atoms with E-state index in [0.717, 1.165) is 44.3 Å². The average Bonchev–Trinajstić information content (AvgIpc) is 3.50. The van der Waals surface area contributed by atoms with Gasteiger partial charge in [0.05, 0.1) is 91.1 Å². The Bertz CT molecular complexity index is 1730. The standard InChI is InChI=1S/C33H50O6.C19H28O6/c1-6-10-33(5)11-9-22-14-21-7-8-23-31(37-24(21)15-25(22)39-33)19(3)13-26-27(35-23)16-29-28(36-26)17-30-32(38-29)18(2)12-20(4)34-30;1-5-14-15(22-4)8-17-16(24-14)9-18-19(25-17)13(21)7-12(23-18)6-10(2)11(3)20/h12,19,21-32H,4,6-11,13-17H2,1-3,5H3;5,12-19,21H,1-2,6-9H2,3-4H3/t19-,21?,22?,23?,24?,25?,26?,27?,28?,29?,30?,31?,32?,33?;/m1./s1. The van der Waals surface area contributed by atoms with E-state index in [0.29, 0.717) is 55.1 Å². The fourth-order valence-electron chi connectivity index (χ4n) is 13.5. The summed E-state index contributed by atoms with van der Waals surface area (Å²) in [5.41, 5.74) is 1.77. The Kier molecular flexibility index (Phi) is 14.4. The highest BCUT2D eigenvalue weighted by Crippen LogP contribution is 2.49. The number of methoxy groups -OCH3 is 1. The molecule has 0 aromatic heterocycles. The van der Waals surface area contributed by atoms with Crippen LogP contribution < -0.4 is 0 Å². The summed E-state index contributed by atoms with van der Waals surface area (Å²) in [6.07, 6.45) is 17.3. The lowest BCUT2D eigenvalue weighted by Crippen LogP contribution is -2.61.